The molecule has 1 amide bonds. The van der Waals surface area contributed by atoms with Crippen LogP contribution in [-0.2, 0) is 22.6 Å². The molecule has 0 saturated carbocycles. The average molecular weight is 472 g/mol. The Kier molecular flexibility index (Phi) is 5.95. The molecule has 1 unspecified atom stereocenters. The number of aromatic nitrogens is 2. The minimum Gasteiger partial charge on any atom is -0.435 e. The van der Waals surface area contributed by atoms with E-state index in [9.17, 15) is 22.7 Å². The van der Waals surface area contributed by atoms with Crippen molar-refractivity contribution >= 4 is 16.5 Å². The molecule has 3 heterocycles. The molecule has 176 valence electrons. The number of hydrogen-bond acceptors (Lipinski definition) is 6. The molecule has 2 aliphatic rings. The fraction of sp³-hybridized carbons (Fsp3) is 0.524. The Bertz CT molecular complexity index is 1020. The van der Waals surface area contributed by atoms with Crippen LogP contribution in [0.3, 0.4) is 0 Å². The zero-order chi connectivity index (χ0) is 23.3. The van der Waals surface area contributed by atoms with Gasteiger partial charge in [-0.1, -0.05) is 12.1 Å². The molecule has 1 atom stereocenters. The summed E-state index contributed by atoms with van der Waals surface area (Å²) in [6, 6.07) is 6.36. The lowest BCUT2D eigenvalue weighted by molar-refractivity contribution is -0.136. The van der Waals surface area contributed by atoms with E-state index >= 15 is 0 Å². The molecule has 3 N–H and O–H groups in total. The maximum Gasteiger partial charge on any atom is 0.387 e. The second kappa shape index (κ2) is 8.29. The predicted molar refractivity (Wildman–Crippen MR) is 116 cm³/mol. The summed E-state index contributed by atoms with van der Waals surface area (Å²) in [4.78, 5) is 12.8. The lowest BCUT2D eigenvalue weighted by Crippen LogP contribution is -2.63. The van der Waals surface area contributed by atoms with Gasteiger partial charge in [0.05, 0.1) is 29.3 Å². The summed E-state index contributed by atoms with van der Waals surface area (Å²) in [5.41, 5.74) is 2.23. The molecule has 0 bridgehead atoms. The maximum absolute atomic E-state index is 12.8. The largest absolute Gasteiger partial charge is 0.435 e. The van der Waals surface area contributed by atoms with Gasteiger partial charge in [-0.05, 0) is 32.9 Å². The van der Waals surface area contributed by atoms with Gasteiger partial charge in [0, 0.05) is 29.3 Å². The zero-order valence-electron chi connectivity index (χ0n) is 18.0. The van der Waals surface area contributed by atoms with E-state index in [2.05, 4.69) is 10.1 Å². The van der Waals surface area contributed by atoms with Crippen molar-refractivity contribution in [1.82, 2.24) is 15.1 Å². The number of benzene rings is 1. The summed E-state index contributed by atoms with van der Waals surface area (Å²) in [5.74, 6) is 0.00127. The third-order valence-corrected chi connectivity index (χ3v) is 7.76. The van der Waals surface area contributed by atoms with Crippen LogP contribution in [0.1, 0.15) is 38.1 Å². The number of fused-ring (bicyclic) bond motifs is 1. The molecule has 0 aliphatic carbocycles. The lowest BCUT2D eigenvalue weighted by atomic mass is 9.99. The van der Waals surface area contributed by atoms with Gasteiger partial charge in [-0.15, -0.1) is 0 Å². The molecule has 0 radical (unpaired) electrons. The van der Waals surface area contributed by atoms with Gasteiger partial charge < -0.3 is 14.8 Å². The van der Waals surface area contributed by atoms with Crippen molar-refractivity contribution < 1.29 is 32.2 Å². The van der Waals surface area contributed by atoms with Gasteiger partial charge in [0.1, 0.15) is 11.9 Å². The number of nitrogens with zero attached hydrogens (tertiary/aromatic N) is 2. The van der Waals surface area contributed by atoms with Gasteiger partial charge in [-0.25, -0.2) is 0 Å². The fourth-order valence-corrected chi connectivity index (χ4v) is 6.47. The summed E-state index contributed by atoms with van der Waals surface area (Å²) in [7, 11) is -2.60. The minimum absolute atomic E-state index is 0.0111. The fourth-order valence-electron chi connectivity index (χ4n) is 4.37. The molecule has 1 fully saturated rings. The molecule has 1 aromatic heterocycles. The Labute approximate surface area is 186 Å². The number of halogens is 2. The summed E-state index contributed by atoms with van der Waals surface area (Å²) >= 11 is 0. The van der Waals surface area contributed by atoms with E-state index in [1.807, 2.05) is 18.5 Å². The Morgan fingerprint density at radius 1 is 1.38 bits per heavy atom. The Morgan fingerprint density at radius 2 is 2.09 bits per heavy atom. The number of rotatable bonds is 6. The average Bonchev–Trinajstić information content (AvgIpc) is 3.05. The lowest BCUT2D eigenvalue weighted by Gasteiger charge is -2.54. The van der Waals surface area contributed by atoms with Crippen LogP contribution < -0.4 is 10.1 Å². The third-order valence-electron chi connectivity index (χ3n) is 5.56. The van der Waals surface area contributed by atoms with E-state index in [1.165, 1.54) is 12.1 Å². The Morgan fingerprint density at radius 3 is 2.72 bits per heavy atom. The summed E-state index contributed by atoms with van der Waals surface area (Å²) < 4.78 is 56.8. The second-order valence-corrected chi connectivity index (χ2v) is 11.0. The topological polar surface area (TPSA) is 106 Å². The quantitative estimate of drug-likeness (QED) is 0.592. The molecule has 1 saturated heterocycles. The number of ether oxygens (including phenoxy) is 2. The van der Waals surface area contributed by atoms with Crippen molar-refractivity contribution in [2.75, 3.05) is 11.5 Å². The first-order valence-corrected chi connectivity index (χ1v) is 12.2. The summed E-state index contributed by atoms with van der Waals surface area (Å²) in [6.45, 7) is 2.94. The summed E-state index contributed by atoms with van der Waals surface area (Å²) in [5, 5.41) is 7.58. The van der Waals surface area contributed by atoms with Crippen molar-refractivity contribution in [1.29, 1.82) is 0 Å². The molecule has 8 nitrogen and oxygen atoms in total. The van der Waals surface area contributed by atoms with Crippen LogP contribution in [0.25, 0.3) is 11.3 Å². The molecule has 1 aromatic carbocycles. The predicted octanol–water partition coefficient (Wildman–Crippen LogP) is 3.81. The highest BCUT2D eigenvalue weighted by Crippen LogP contribution is 2.53. The normalized spacial score (nSPS) is 22.2. The first kappa shape index (κ1) is 23.0. The van der Waals surface area contributed by atoms with Gasteiger partial charge in [-0.2, -0.15) is 24.5 Å². The monoisotopic (exact) mass is 471 g/mol. The van der Waals surface area contributed by atoms with Crippen LogP contribution in [0.5, 0.6) is 5.75 Å². The van der Waals surface area contributed by atoms with Crippen LogP contribution in [-0.4, -0.2) is 54.6 Å². The van der Waals surface area contributed by atoms with E-state index in [-0.39, 0.29) is 35.8 Å². The minimum atomic E-state index is -2.92. The first-order chi connectivity index (χ1) is 15.0. The van der Waals surface area contributed by atoms with Crippen LogP contribution in [0, 0.1) is 0 Å². The highest BCUT2D eigenvalue weighted by Gasteiger charge is 2.47. The van der Waals surface area contributed by atoms with Crippen molar-refractivity contribution in [2.45, 2.75) is 58.1 Å². The van der Waals surface area contributed by atoms with Gasteiger partial charge in [0.25, 0.3) is 0 Å². The van der Waals surface area contributed by atoms with Gasteiger partial charge in [0.2, 0.25) is 5.91 Å². The van der Waals surface area contributed by atoms with Gasteiger partial charge >= 0.3 is 6.61 Å². The molecule has 2 aromatic rings. The third kappa shape index (κ3) is 4.61. The maximum atomic E-state index is 12.8. The number of carbonyl (C=O) groups is 1. The Hall–Kier alpha value is -2.21. The number of hydrogen-bond donors (Lipinski definition) is 3. The van der Waals surface area contributed by atoms with E-state index in [0.29, 0.717) is 17.7 Å². The first-order valence-electron chi connectivity index (χ1n) is 10.3. The highest BCUT2D eigenvalue weighted by atomic mass is 32.3. The van der Waals surface area contributed by atoms with Crippen molar-refractivity contribution in [2.24, 2.45) is 0 Å². The number of amides is 1. The molecule has 32 heavy (non-hydrogen) atoms. The standard InChI is InChI=1S/C21H27F2N3O5S/c1-12(2)26-16-8-17(19(27)24-21(3)10-32(28,29)11-21)30-9-15(16)18(25-26)13-5-4-6-14(7-13)31-20(22)23/h4-7,12,17,20,28-29H,8-11H2,1-3H3,(H,24,27). The van der Waals surface area contributed by atoms with Crippen molar-refractivity contribution in [3.05, 3.63) is 35.5 Å². The van der Waals surface area contributed by atoms with E-state index in [4.69, 9.17) is 9.84 Å². The van der Waals surface area contributed by atoms with Crippen molar-refractivity contribution in [3.8, 4) is 17.0 Å². The van der Waals surface area contributed by atoms with Gasteiger partial charge in [0.15, 0.2) is 0 Å². The smallest absolute Gasteiger partial charge is 0.387 e. The number of carbonyl (C=O) groups excluding carboxylic acids is 1. The summed E-state index contributed by atoms with van der Waals surface area (Å²) in [6.07, 6.45) is -0.441. The molecular weight excluding hydrogens is 444 g/mol. The zero-order valence-corrected chi connectivity index (χ0v) is 18.9. The van der Waals surface area contributed by atoms with Gasteiger partial charge in [-0.3, -0.25) is 18.6 Å². The molecular formula is C21H27F2N3O5S. The van der Waals surface area contributed by atoms with Crippen molar-refractivity contribution in [3.63, 3.8) is 0 Å². The van der Waals surface area contributed by atoms with E-state index in [0.717, 1.165) is 11.3 Å². The molecule has 0 spiro atoms. The van der Waals surface area contributed by atoms with Crippen LogP contribution in [0.4, 0.5) is 8.78 Å². The Balaban J connectivity index is 1.58. The van der Waals surface area contributed by atoms with Crippen LogP contribution in [0.2, 0.25) is 0 Å². The van der Waals surface area contributed by atoms with E-state index < -0.39 is 28.8 Å². The molecule has 2 aliphatic heterocycles. The number of alkyl halides is 2. The SMILES string of the molecule is CC(C)n1nc(-c2cccc(OC(F)F)c2)c2c1CC(C(=O)NC1(C)CS(O)(O)C1)OC2. The van der Waals surface area contributed by atoms with Crippen LogP contribution >= 0.6 is 10.6 Å². The number of nitrogens with one attached hydrogen (secondary N) is 1. The van der Waals surface area contributed by atoms with E-state index in [1.54, 1.807) is 19.1 Å². The molecule has 11 heteroatoms. The van der Waals surface area contributed by atoms with Crippen LogP contribution in [0.15, 0.2) is 24.3 Å². The highest BCUT2D eigenvalue weighted by molar-refractivity contribution is 8.25. The second-order valence-electron chi connectivity index (χ2n) is 8.86. The molecule has 4 rings (SSSR count).